The van der Waals surface area contributed by atoms with Gasteiger partial charge in [-0.25, -0.2) is 4.79 Å². The van der Waals surface area contributed by atoms with Gasteiger partial charge in [0.25, 0.3) is 0 Å². The summed E-state index contributed by atoms with van der Waals surface area (Å²) in [5, 5.41) is 11.7. The Kier molecular flexibility index (Phi) is 5.86. The molecule has 0 fully saturated rings. The number of carboxylic acids is 1. The number of carboxylic acid groups (broad SMARTS) is 1. The molecule has 1 atom stereocenters. The van der Waals surface area contributed by atoms with Crippen LogP contribution >= 0.6 is 0 Å². The SMILES string of the molecule is CCCOc1cncc(NC(COC)C(=O)O)n1. The fraction of sp³-hybridized carbons (Fsp3) is 0.545. The van der Waals surface area contributed by atoms with Crippen molar-refractivity contribution in [2.75, 3.05) is 25.6 Å². The highest BCUT2D eigenvalue weighted by Gasteiger charge is 2.17. The smallest absolute Gasteiger partial charge is 0.328 e. The van der Waals surface area contributed by atoms with Gasteiger partial charge in [0.05, 0.1) is 25.6 Å². The van der Waals surface area contributed by atoms with E-state index in [0.29, 0.717) is 18.3 Å². The third kappa shape index (κ3) is 4.54. The quantitative estimate of drug-likeness (QED) is 0.708. The van der Waals surface area contributed by atoms with Gasteiger partial charge >= 0.3 is 5.97 Å². The highest BCUT2D eigenvalue weighted by molar-refractivity contribution is 5.76. The van der Waals surface area contributed by atoms with Gasteiger partial charge in [0.15, 0.2) is 0 Å². The zero-order chi connectivity index (χ0) is 13.4. The fourth-order valence-electron chi connectivity index (χ4n) is 1.21. The number of ether oxygens (including phenoxy) is 2. The van der Waals surface area contributed by atoms with Crippen molar-refractivity contribution in [2.45, 2.75) is 19.4 Å². The lowest BCUT2D eigenvalue weighted by Gasteiger charge is -2.14. The predicted molar refractivity (Wildman–Crippen MR) is 64.7 cm³/mol. The van der Waals surface area contributed by atoms with Crippen LogP contribution < -0.4 is 10.1 Å². The van der Waals surface area contributed by atoms with Crippen LogP contribution in [0.5, 0.6) is 5.88 Å². The van der Waals surface area contributed by atoms with Gasteiger partial charge in [-0.1, -0.05) is 6.92 Å². The van der Waals surface area contributed by atoms with E-state index < -0.39 is 12.0 Å². The second-order valence-electron chi connectivity index (χ2n) is 3.58. The topological polar surface area (TPSA) is 93.6 Å². The molecule has 0 aliphatic heterocycles. The molecule has 1 aromatic heterocycles. The first-order chi connectivity index (χ1) is 8.67. The Hall–Kier alpha value is -1.89. The zero-order valence-electron chi connectivity index (χ0n) is 10.4. The minimum absolute atomic E-state index is 0.0387. The zero-order valence-corrected chi connectivity index (χ0v) is 10.4. The second-order valence-corrected chi connectivity index (χ2v) is 3.58. The van der Waals surface area contributed by atoms with Gasteiger partial charge in [-0.3, -0.25) is 4.98 Å². The van der Waals surface area contributed by atoms with Gasteiger partial charge in [-0.15, -0.1) is 0 Å². The van der Waals surface area contributed by atoms with Crippen molar-refractivity contribution in [3.63, 3.8) is 0 Å². The number of hydrogen-bond donors (Lipinski definition) is 2. The van der Waals surface area contributed by atoms with E-state index in [-0.39, 0.29) is 6.61 Å². The molecule has 2 N–H and O–H groups in total. The molecule has 0 aliphatic carbocycles. The van der Waals surface area contributed by atoms with Crippen LogP contribution in [0.4, 0.5) is 5.82 Å². The summed E-state index contributed by atoms with van der Waals surface area (Å²) in [5.74, 6) is -0.310. The summed E-state index contributed by atoms with van der Waals surface area (Å²) in [7, 11) is 1.43. The molecule has 0 radical (unpaired) electrons. The van der Waals surface area contributed by atoms with E-state index in [1.54, 1.807) is 0 Å². The fourth-order valence-corrected chi connectivity index (χ4v) is 1.21. The van der Waals surface area contributed by atoms with Crippen molar-refractivity contribution in [1.29, 1.82) is 0 Å². The van der Waals surface area contributed by atoms with Crippen LogP contribution in [0.25, 0.3) is 0 Å². The second kappa shape index (κ2) is 7.44. The van der Waals surface area contributed by atoms with Crippen LogP contribution in [0.2, 0.25) is 0 Å². The predicted octanol–water partition coefficient (Wildman–Crippen LogP) is 0.777. The molecule has 0 bridgehead atoms. The number of methoxy groups -OCH3 is 1. The number of hydrogen-bond acceptors (Lipinski definition) is 6. The van der Waals surface area contributed by atoms with Crippen LogP contribution in [-0.4, -0.2) is 47.4 Å². The molecule has 1 aromatic rings. The highest BCUT2D eigenvalue weighted by Crippen LogP contribution is 2.10. The normalized spacial score (nSPS) is 11.9. The van der Waals surface area contributed by atoms with E-state index in [2.05, 4.69) is 15.3 Å². The molecule has 1 unspecified atom stereocenters. The summed E-state index contributed by atoms with van der Waals surface area (Å²) in [4.78, 5) is 19.0. The van der Waals surface area contributed by atoms with Gasteiger partial charge < -0.3 is 19.9 Å². The maximum Gasteiger partial charge on any atom is 0.328 e. The monoisotopic (exact) mass is 255 g/mol. The molecule has 0 saturated carbocycles. The molecule has 100 valence electrons. The number of anilines is 1. The van der Waals surface area contributed by atoms with Crippen LogP contribution in [0.3, 0.4) is 0 Å². The molecule has 1 heterocycles. The van der Waals surface area contributed by atoms with E-state index in [1.165, 1.54) is 19.5 Å². The number of nitrogens with one attached hydrogen (secondary N) is 1. The summed E-state index contributed by atoms with van der Waals surface area (Å²) in [6.45, 7) is 2.56. The van der Waals surface area contributed by atoms with E-state index in [0.717, 1.165) is 6.42 Å². The number of nitrogens with zero attached hydrogens (tertiary/aromatic N) is 2. The minimum Gasteiger partial charge on any atom is -0.480 e. The summed E-state index contributed by atoms with van der Waals surface area (Å²) in [5.41, 5.74) is 0. The first-order valence-electron chi connectivity index (χ1n) is 5.60. The third-order valence-electron chi connectivity index (χ3n) is 2.02. The summed E-state index contributed by atoms with van der Waals surface area (Å²) >= 11 is 0. The molecule has 0 saturated heterocycles. The molecule has 7 heteroatoms. The molecular weight excluding hydrogens is 238 g/mol. The van der Waals surface area contributed by atoms with Crippen molar-refractivity contribution in [3.8, 4) is 5.88 Å². The Morgan fingerprint density at radius 1 is 1.56 bits per heavy atom. The van der Waals surface area contributed by atoms with E-state index >= 15 is 0 Å². The molecule has 0 aliphatic rings. The van der Waals surface area contributed by atoms with E-state index in [4.69, 9.17) is 14.6 Å². The van der Waals surface area contributed by atoms with E-state index in [9.17, 15) is 4.79 Å². The molecular formula is C11H17N3O4. The summed E-state index contributed by atoms with van der Waals surface area (Å²) in [6, 6.07) is -0.870. The molecule has 18 heavy (non-hydrogen) atoms. The average molecular weight is 255 g/mol. The molecule has 0 amide bonds. The van der Waals surface area contributed by atoms with Crippen molar-refractivity contribution in [1.82, 2.24) is 9.97 Å². The minimum atomic E-state index is -1.02. The number of carbonyl (C=O) groups is 1. The van der Waals surface area contributed by atoms with Gasteiger partial charge in [0.2, 0.25) is 5.88 Å². The maximum atomic E-state index is 10.9. The van der Waals surface area contributed by atoms with Crippen LogP contribution in [0, 0.1) is 0 Å². The van der Waals surface area contributed by atoms with Crippen molar-refractivity contribution < 1.29 is 19.4 Å². The van der Waals surface area contributed by atoms with Crippen molar-refractivity contribution in [2.24, 2.45) is 0 Å². The lowest BCUT2D eigenvalue weighted by atomic mass is 10.3. The van der Waals surface area contributed by atoms with Gasteiger partial charge in [0.1, 0.15) is 11.9 Å². The largest absolute Gasteiger partial charge is 0.480 e. The molecule has 7 nitrogen and oxygen atoms in total. The highest BCUT2D eigenvalue weighted by atomic mass is 16.5. The van der Waals surface area contributed by atoms with E-state index in [1.807, 2.05) is 6.92 Å². The number of rotatable bonds is 8. The van der Waals surface area contributed by atoms with Gasteiger partial charge in [-0.2, -0.15) is 4.98 Å². The Labute approximate surface area is 105 Å². The lowest BCUT2D eigenvalue weighted by molar-refractivity contribution is -0.139. The summed E-state index contributed by atoms with van der Waals surface area (Å²) in [6.07, 6.45) is 3.78. The van der Waals surface area contributed by atoms with Crippen molar-refractivity contribution >= 4 is 11.8 Å². The number of aliphatic carboxylic acids is 1. The lowest BCUT2D eigenvalue weighted by Crippen LogP contribution is -2.34. The Bertz CT molecular complexity index is 386. The van der Waals surface area contributed by atoms with Crippen LogP contribution in [0.1, 0.15) is 13.3 Å². The van der Waals surface area contributed by atoms with Crippen LogP contribution in [0.15, 0.2) is 12.4 Å². The standard InChI is InChI=1S/C11H17N3O4/c1-3-4-18-10-6-12-5-9(14-10)13-8(7-17-2)11(15)16/h5-6,8H,3-4,7H2,1-2H3,(H,13,14)(H,15,16). The molecule has 0 aromatic carbocycles. The van der Waals surface area contributed by atoms with Gasteiger partial charge in [-0.05, 0) is 6.42 Å². The first kappa shape index (κ1) is 14.2. The van der Waals surface area contributed by atoms with Crippen LogP contribution in [-0.2, 0) is 9.53 Å². The molecule has 1 rings (SSSR count). The van der Waals surface area contributed by atoms with Crippen molar-refractivity contribution in [3.05, 3.63) is 12.4 Å². The first-order valence-corrected chi connectivity index (χ1v) is 5.60. The Morgan fingerprint density at radius 2 is 2.33 bits per heavy atom. The average Bonchev–Trinajstić information content (AvgIpc) is 2.36. The number of aromatic nitrogens is 2. The maximum absolute atomic E-state index is 10.9. The van der Waals surface area contributed by atoms with Gasteiger partial charge in [0, 0.05) is 7.11 Å². The third-order valence-corrected chi connectivity index (χ3v) is 2.02. The summed E-state index contributed by atoms with van der Waals surface area (Å²) < 4.78 is 10.1. The Balaban J connectivity index is 2.67. The Morgan fingerprint density at radius 3 is 2.94 bits per heavy atom. The molecule has 0 spiro atoms.